The lowest BCUT2D eigenvalue weighted by molar-refractivity contribution is -0.123. The molecule has 0 fully saturated rings. The predicted molar refractivity (Wildman–Crippen MR) is 76.5 cm³/mol. The summed E-state index contributed by atoms with van der Waals surface area (Å²) >= 11 is 0. The minimum Gasteiger partial charge on any atom is -0.483 e. The van der Waals surface area contributed by atoms with E-state index < -0.39 is 11.9 Å². The Morgan fingerprint density at radius 3 is 2.55 bits per heavy atom. The number of carbonyl (C=O) groups excluding carboxylic acids is 2. The summed E-state index contributed by atoms with van der Waals surface area (Å²) in [5.74, 6) is 0.567. The van der Waals surface area contributed by atoms with Crippen molar-refractivity contribution in [1.29, 1.82) is 0 Å². The Labute approximate surface area is 118 Å². The first-order chi connectivity index (χ1) is 9.43. The fraction of sp³-hybridized carbons (Fsp3) is 0.429. The maximum absolute atomic E-state index is 11.5. The van der Waals surface area contributed by atoms with Gasteiger partial charge in [-0.15, -0.1) is 0 Å². The van der Waals surface area contributed by atoms with E-state index in [0.717, 1.165) is 11.1 Å². The van der Waals surface area contributed by atoms with Crippen molar-refractivity contribution < 1.29 is 14.3 Å². The number of hydrazine groups is 1. The predicted octanol–water partition coefficient (Wildman–Crippen LogP) is 1.46. The Morgan fingerprint density at radius 1 is 1.25 bits per heavy atom. The van der Waals surface area contributed by atoms with Crippen LogP contribution in [0.1, 0.15) is 30.9 Å². The smallest absolute Gasteiger partial charge is 0.333 e. The van der Waals surface area contributed by atoms with Crippen LogP contribution in [0.3, 0.4) is 0 Å². The molecule has 0 aliphatic heterocycles. The Morgan fingerprint density at radius 2 is 1.95 bits per heavy atom. The summed E-state index contributed by atoms with van der Waals surface area (Å²) in [7, 11) is 1.46. The highest BCUT2D eigenvalue weighted by atomic mass is 16.5. The van der Waals surface area contributed by atoms with Gasteiger partial charge in [0.2, 0.25) is 0 Å². The number of aryl methyl sites for hydroxylation is 1. The molecule has 0 bridgehead atoms. The van der Waals surface area contributed by atoms with Crippen molar-refractivity contribution in [2.24, 2.45) is 0 Å². The van der Waals surface area contributed by atoms with Gasteiger partial charge in [0, 0.05) is 7.05 Å². The molecule has 0 heterocycles. The van der Waals surface area contributed by atoms with Gasteiger partial charge in [0.25, 0.3) is 5.91 Å². The third-order valence-corrected chi connectivity index (χ3v) is 2.69. The van der Waals surface area contributed by atoms with E-state index in [4.69, 9.17) is 4.74 Å². The van der Waals surface area contributed by atoms with Crippen molar-refractivity contribution in [2.75, 3.05) is 13.7 Å². The van der Waals surface area contributed by atoms with Gasteiger partial charge in [-0.1, -0.05) is 26.0 Å². The molecule has 6 heteroatoms. The molecule has 0 radical (unpaired) electrons. The highest BCUT2D eigenvalue weighted by Crippen LogP contribution is 2.27. The summed E-state index contributed by atoms with van der Waals surface area (Å²) in [5.41, 5.74) is 6.54. The Bertz CT molecular complexity index is 487. The average molecular weight is 279 g/mol. The molecular weight excluding hydrogens is 258 g/mol. The minimum atomic E-state index is -0.489. The van der Waals surface area contributed by atoms with Gasteiger partial charge in [-0.25, -0.2) is 10.2 Å². The normalized spacial score (nSPS) is 10.1. The topological polar surface area (TPSA) is 79.5 Å². The molecule has 0 spiro atoms. The molecule has 1 aromatic carbocycles. The minimum absolute atomic E-state index is 0.160. The van der Waals surface area contributed by atoms with Gasteiger partial charge in [0.1, 0.15) is 5.75 Å². The monoisotopic (exact) mass is 279 g/mol. The molecule has 0 aromatic heterocycles. The number of carbonyl (C=O) groups is 2. The molecule has 3 N–H and O–H groups in total. The second-order valence-electron chi connectivity index (χ2n) is 4.74. The number of rotatable bonds is 4. The van der Waals surface area contributed by atoms with E-state index >= 15 is 0 Å². The fourth-order valence-corrected chi connectivity index (χ4v) is 1.61. The van der Waals surface area contributed by atoms with Gasteiger partial charge in [-0.2, -0.15) is 0 Å². The maximum Gasteiger partial charge on any atom is 0.333 e. The Hall–Kier alpha value is -2.24. The van der Waals surface area contributed by atoms with Gasteiger partial charge in [-0.3, -0.25) is 10.2 Å². The summed E-state index contributed by atoms with van der Waals surface area (Å²) in [5, 5.41) is 2.32. The van der Waals surface area contributed by atoms with Crippen LogP contribution in [0.5, 0.6) is 5.75 Å². The van der Waals surface area contributed by atoms with Crippen molar-refractivity contribution in [2.45, 2.75) is 26.7 Å². The molecule has 1 aromatic rings. The third-order valence-electron chi connectivity index (χ3n) is 2.69. The van der Waals surface area contributed by atoms with Gasteiger partial charge in [0.05, 0.1) is 0 Å². The van der Waals surface area contributed by atoms with Crippen molar-refractivity contribution in [3.63, 3.8) is 0 Å². The zero-order valence-corrected chi connectivity index (χ0v) is 12.2. The lowest BCUT2D eigenvalue weighted by atomic mass is 10.0. The molecule has 1 rings (SSSR count). The van der Waals surface area contributed by atoms with Crippen LogP contribution < -0.4 is 20.9 Å². The molecule has 0 aliphatic rings. The molecule has 0 atom stereocenters. The van der Waals surface area contributed by atoms with Crippen molar-refractivity contribution in [1.82, 2.24) is 16.2 Å². The average Bonchev–Trinajstić information content (AvgIpc) is 2.42. The van der Waals surface area contributed by atoms with Crippen LogP contribution in [0.4, 0.5) is 4.79 Å². The van der Waals surface area contributed by atoms with Crippen LogP contribution in [0.2, 0.25) is 0 Å². The van der Waals surface area contributed by atoms with Crippen LogP contribution in [0.15, 0.2) is 18.2 Å². The van der Waals surface area contributed by atoms with Gasteiger partial charge in [0.15, 0.2) is 6.61 Å². The number of amides is 3. The second kappa shape index (κ2) is 7.37. The molecule has 0 saturated carbocycles. The summed E-state index contributed by atoms with van der Waals surface area (Å²) < 4.78 is 5.52. The number of nitrogens with one attached hydrogen (secondary N) is 3. The van der Waals surface area contributed by atoms with Crippen LogP contribution in [-0.4, -0.2) is 25.6 Å². The van der Waals surface area contributed by atoms with E-state index in [-0.39, 0.29) is 6.61 Å². The zero-order valence-electron chi connectivity index (χ0n) is 12.2. The van der Waals surface area contributed by atoms with E-state index in [1.807, 2.05) is 25.1 Å². The van der Waals surface area contributed by atoms with Crippen LogP contribution in [0.25, 0.3) is 0 Å². The van der Waals surface area contributed by atoms with Crippen molar-refractivity contribution in [3.8, 4) is 5.75 Å². The SMILES string of the molecule is CNC(=O)NNC(=O)COc1cc(C)ccc1C(C)C. The van der Waals surface area contributed by atoms with E-state index in [2.05, 4.69) is 30.0 Å². The molecule has 110 valence electrons. The van der Waals surface area contributed by atoms with Crippen LogP contribution in [-0.2, 0) is 4.79 Å². The standard InChI is InChI=1S/C14H21N3O3/c1-9(2)11-6-5-10(3)7-12(11)20-8-13(18)16-17-14(19)15-4/h5-7,9H,8H2,1-4H3,(H,16,18)(H2,15,17,19). The molecular formula is C14H21N3O3. The lowest BCUT2D eigenvalue weighted by Gasteiger charge is -2.14. The number of hydrogen-bond donors (Lipinski definition) is 3. The quantitative estimate of drug-likeness (QED) is 0.730. The van der Waals surface area contributed by atoms with Crippen LogP contribution in [0, 0.1) is 6.92 Å². The number of urea groups is 1. The third kappa shape index (κ3) is 4.79. The van der Waals surface area contributed by atoms with E-state index in [1.54, 1.807) is 0 Å². The largest absolute Gasteiger partial charge is 0.483 e. The Kier molecular flexibility index (Phi) is 5.83. The van der Waals surface area contributed by atoms with Crippen LogP contribution >= 0.6 is 0 Å². The number of benzene rings is 1. The first kappa shape index (κ1) is 15.8. The molecule has 6 nitrogen and oxygen atoms in total. The molecule has 0 unspecified atom stereocenters. The van der Waals surface area contributed by atoms with E-state index in [0.29, 0.717) is 11.7 Å². The number of hydrogen-bond acceptors (Lipinski definition) is 3. The first-order valence-corrected chi connectivity index (χ1v) is 6.44. The lowest BCUT2D eigenvalue weighted by Crippen LogP contribution is -2.47. The maximum atomic E-state index is 11.5. The summed E-state index contributed by atoms with van der Waals surface area (Å²) in [6.07, 6.45) is 0. The first-order valence-electron chi connectivity index (χ1n) is 6.44. The molecule has 20 heavy (non-hydrogen) atoms. The van der Waals surface area contributed by atoms with Crippen molar-refractivity contribution >= 4 is 11.9 Å². The second-order valence-corrected chi connectivity index (χ2v) is 4.74. The fourth-order valence-electron chi connectivity index (χ4n) is 1.61. The molecule has 3 amide bonds. The zero-order chi connectivity index (χ0) is 15.1. The number of ether oxygens (including phenoxy) is 1. The van der Waals surface area contributed by atoms with E-state index in [1.165, 1.54) is 7.05 Å². The van der Waals surface area contributed by atoms with Gasteiger partial charge in [-0.05, 0) is 30.0 Å². The molecule has 0 saturated heterocycles. The van der Waals surface area contributed by atoms with Crippen molar-refractivity contribution in [3.05, 3.63) is 29.3 Å². The van der Waals surface area contributed by atoms with Gasteiger partial charge < -0.3 is 10.1 Å². The summed E-state index contributed by atoms with van der Waals surface area (Å²) in [6, 6.07) is 5.41. The highest BCUT2D eigenvalue weighted by Gasteiger charge is 2.10. The summed E-state index contributed by atoms with van der Waals surface area (Å²) in [6.45, 7) is 5.92. The summed E-state index contributed by atoms with van der Waals surface area (Å²) in [4.78, 5) is 22.4. The van der Waals surface area contributed by atoms with Gasteiger partial charge >= 0.3 is 6.03 Å². The van der Waals surface area contributed by atoms with E-state index in [9.17, 15) is 9.59 Å². The molecule has 0 aliphatic carbocycles. The highest BCUT2D eigenvalue weighted by molar-refractivity contribution is 5.81. The Balaban J connectivity index is 2.58.